The molecule has 0 radical (unpaired) electrons. The van der Waals surface area contributed by atoms with Crippen LogP contribution in [0.2, 0.25) is 0 Å². The number of nitrogens with zero attached hydrogens (tertiary/aromatic N) is 3. The minimum atomic E-state index is 0.352. The van der Waals surface area contributed by atoms with Crippen molar-refractivity contribution in [3.05, 3.63) is 17.1 Å². The fourth-order valence-corrected chi connectivity index (χ4v) is 2.87. The Balaban J connectivity index is 2.30. The van der Waals surface area contributed by atoms with Gasteiger partial charge >= 0.3 is 0 Å². The van der Waals surface area contributed by atoms with Crippen LogP contribution in [0, 0.1) is 6.92 Å². The van der Waals surface area contributed by atoms with E-state index in [-0.39, 0.29) is 0 Å². The summed E-state index contributed by atoms with van der Waals surface area (Å²) in [6, 6.07) is 0.352. The highest BCUT2D eigenvalue weighted by atomic mass is 15.4. The van der Waals surface area contributed by atoms with Gasteiger partial charge in [0.15, 0.2) is 5.82 Å². The molecule has 0 spiro atoms. The number of nitrogens with one attached hydrogen (secondary N) is 1. The summed E-state index contributed by atoms with van der Waals surface area (Å²) < 4.78 is 2.09. The van der Waals surface area contributed by atoms with E-state index in [2.05, 4.69) is 33.9 Å². The second-order valence-electron chi connectivity index (χ2n) is 5.60. The highest BCUT2D eigenvalue weighted by molar-refractivity contribution is 5.89. The van der Waals surface area contributed by atoms with E-state index in [9.17, 15) is 0 Å². The normalized spacial score (nSPS) is 14.9. The summed E-state index contributed by atoms with van der Waals surface area (Å²) >= 11 is 0. The molecule has 1 aliphatic rings. The number of pyridine rings is 1. The molecule has 1 aliphatic carbocycles. The van der Waals surface area contributed by atoms with Crippen molar-refractivity contribution in [2.45, 2.75) is 52.5 Å². The van der Waals surface area contributed by atoms with E-state index in [4.69, 9.17) is 5.73 Å². The first-order chi connectivity index (χ1) is 9.08. The summed E-state index contributed by atoms with van der Waals surface area (Å²) in [4.78, 5) is 9.14. The maximum Gasteiger partial charge on any atom is 0.151 e. The molecule has 0 bridgehead atoms. The SMILES string of the molecule is Cc1nc2c(N)nc3c(c2n1NC(C)C)CCCC3. The van der Waals surface area contributed by atoms with Crippen molar-refractivity contribution < 1.29 is 0 Å². The molecule has 0 aliphatic heterocycles. The average molecular weight is 259 g/mol. The molecule has 5 nitrogen and oxygen atoms in total. The number of hydrogen-bond acceptors (Lipinski definition) is 4. The Morgan fingerprint density at radius 1 is 1.21 bits per heavy atom. The molecule has 3 N–H and O–H groups in total. The number of aromatic nitrogens is 3. The lowest BCUT2D eigenvalue weighted by Gasteiger charge is -2.20. The topological polar surface area (TPSA) is 68.8 Å². The first-order valence-corrected chi connectivity index (χ1v) is 7.00. The molecule has 0 saturated carbocycles. The Morgan fingerprint density at radius 2 is 1.95 bits per heavy atom. The fraction of sp³-hybridized carbons (Fsp3) is 0.571. The van der Waals surface area contributed by atoms with Crippen LogP contribution in [0.25, 0.3) is 11.0 Å². The second-order valence-corrected chi connectivity index (χ2v) is 5.60. The van der Waals surface area contributed by atoms with Crippen molar-refractivity contribution in [2.75, 3.05) is 11.2 Å². The van der Waals surface area contributed by atoms with Gasteiger partial charge in [0.05, 0.1) is 5.52 Å². The van der Waals surface area contributed by atoms with Crippen molar-refractivity contribution in [1.29, 1.82) is 0 Å². The first-order valence-electron chi connectivity index (χ1n) is 7.00. The monoisotopic (exact) mass is 259 g/mol. The predicted molar refractivity (Wildman–Crippen MR) is 77.8 cm³/mol. The van der Waals surface area contributed by atoms with Crippen LogP contribution in [0.3, 0.4) is 0 Å². The molecule has 0 unspecified atom stereocenters. The van der Waals surface area contributed by atoms with Crippen molar-refractivity contribution in [3.63, 3.8) is 0 Å². The highest BCUT2D eigenvalue weighted by Crippen LogP contribution is 2.30. The van der Waals surface area contributed by atoms with Gasteiger partial charge in [0.1, 0.15) is 11.3 Å². The molecule has 2 aromatic rings. The van der Waals surface area contributed by atoms with Crippen LogP contribution in [-0.4, -0.2) is 20.7 Å². The molecular weight excluding hydrogens is 238 g/mol. The Labute approximate surface area is 113 Å². The number of nitrogen functional groups attached to an aromatic ring is 1. The maximum atomic E-state index is 6.08. The van der Waals surface area contributed by atoms with E-state index >= 15 is 0 Å². The standard InChI is InChI=1S/C14H21N5/c1-8(2)18-19-9(3)16-12-13(19)10-6-4-5-7-11(10)17-14(12)15/h8,18H,4-7H2,1-3H3,(H2,15,17). The molecule has 102 valence electrons. The Kier molecular flexibility index (Phi) is 2.84. The quantitative estimate of drug-likeness (QED) is 0.867. The molecule has 2 aromatic heterocycles. The lowest BCUT2D eigenvalue weighted by atomic mass is 9.95. The van der Waals surface area contributed by atoms with Crippen molar-refractivity contribution in [1.82, 2.24) is 14.6 Å². The van der Waals surface area contributed by atoms with Gasteiger partial charge in [-0.3, -0.25) is 0 Å². The maximum absolute atomic E-state index is 6.08. The van der Waals surface area contributed by atoms with Crippen LogP contribution in [-0.2, 0) is 12.8 Å². The van der Waals surface area contributed by atoms with Gasteiger partial charge in [-0.1, -0.05) is 0 Å². The van der Waals surface area contributed by atoms with E-state index in [1.807, 2.05) is 6.92 Å². The molecule has 0 fully saturated rings. The first kappa shape index (κ1) is 12.3. The van der Waals surface area contributed by atoms with Crippen LogP contribution < -0.4 is 11.2 Å². The summed E-state index contributed by atoms with van der Waals surface area (Å²) in [5, 5.41) is 0. The minimum absolute atomic E-state index is 0.352. The van der Waals surface area contributed by atoms with Gasteiger partial charge in [0, 0.05) is 17.3 Å². The fourth-order valence-electron chi connectivity index (χ4n) is 2.87. The zero-order valence-corrected chi connectivity index (χ0v) is 11.8. The molecule has 0 amide bonds. The van der Waals surface area contributed by atoms with Gasteiger partial charge in [-0.2, -0.15) is 0 Å². The molecule has 5 heteroatoms. The van der Waals surface area contributed by atoms with Crippen molar-refractivity contribution in [2.24, 2.45) is 0 Å². The van der Waals surface area contributed by atoms with Gasteiger partial charge in [-0.05, 0) is 46.5 Å². The van der Waals surface area contributed by atoms with E-state index in [0.717, 1.165) is 35.4 Å². The van der Waals surface area contributed by atoms with E-state index in [0.29, 0.717) is 11.9 Å². The van der Waals surface area contributed by atoms with Gasteiger partial charge in [0.2, 0.25) is 0 Å². The third-order valence-corrected chi connectivity index (χ3v) is 3.66. The average Bonchev–Trinajstić information content (AvgIpc) is 2.68. The smallest absolute Gasteiger partial charge is 0.151 e. The largest absolute Gasteiger partial charge is 0.382 e. The number of anilines is 1. The zero-order valence-electron chi connectivity index (χ0n) is 11.8. The van der Waals surface area contributed by atoms with Crippen molar-refractivity contribution in [3.8, 4) is 0 Å². The van der Waals surface area contributed by atoms with Crippen LogP contribution in [0.1, 0.15) is 43.8 Å². The van der Waals surface area contributed by atoms with Crippen LogP contribution in [0.5, 0.6) is 0 Å². The molecular formula is C14H21N5. The summed E-state index contributed by atoms with van der Waals surface area (Å²) in [5.74, 6) is 1.50. The second kappa shape index (κ2) is 4.40. The molecule has 3 rings (SSSR count). The zero-order chi connectivity index (χ0) is 13.6. The van der Waals surface area contributed by atoms with Crippen LogP contribution in [0.4, 0.5) is 5.82 Å². The van der Waals surface area contributed by atoms with Crippen LogP contribution >= 0.6 is 0 Å². The number of imidazole rings is 1. The highest BCUT2D eigenvalue weighted by Gasteiger charge is 2.21. The molecule has 0 saturated heterocycles. The van der Waals surface area contributed by atoms with Crippen molar-refractivity contribution >= 4 is 16.9 Å². The number of fused-ring (bicyclic) bond motifs is 3. The van der Waals surface area contributed by atoms with Gasteiger partial charge in [0.25, 0.3) is 0 Å². The number of aryl methyl sites for hydroxylation is 3. The lowest BCUT2D eigenvalue weighted by Crippen LogP contribution is -2.24. The Morgan fingerprint density at radius 3 is 2.68 bits per heavy atom. The summed E-state index contributed by atoms with van der Waals surface area (Å²) in [7, 11) is 0. The van der Waals surface area contributed by atoms with Crippen LogP contribution in [0.15, 0.2) is 0 Å². The lowest BCUT2D eigenvalue weighted by molar-refractivity contribution is 0.666. The predicted octanol–water partition coefficient (Wildman–Crippen LogP) is 2.15. The van der Waals surface area contributed by atoms with E-state index in [1.54, 1.807) is 0 Å². The minimum Gasteiger partial charge on any atom is -0.382 e. The Bertz CT molecular complexity index is 627. The number of rotatable bonds is 2. The summed E-state index contributed by atoms with van der Waals surface area (Å²) in [6.07, 6.45) is 4.53. The molecule has 0 aromatic carbocycles. The number of hydrogen-bond donors (Lipinski definition) is 2. The molecule has 0 atom stereocenters. The van der Waals surface area contributed by atoms with Gasteiger partial charge in [-0.15, -0.1) is 0 Å². The van der Waals surface area contributed by atoms with E-state index < -0.39 is 0 Å². The summed E-state index contributed by atoms with van der Waals surface area (Å²) in [6.45, 7) is 6.26. The summed E-state index contributed by atoms with van der Waals surface area (Å²) in [5.41, 5.74) is 14.0. The van der Waals surface area contributed by atoms with E-state index in [1.165, 1.54) is 18.4 Å². The molecule has 19 heavy (non-hydrogen) atoms. The van der Waals surface area contributed by atoms with Gasteiger partial charge in [-0.25, -0.2) is 14.6 Å². The third-order valence-electron chi connectivity index (χ3n) is 3.66. The molecule has 2 heterocycles. The Hall–Kier alpha value is -1.78. The number of nitrogens with two attached hydrogens (primary N) is 1. The van der Waals surface area contributed by atoms with Gasteiger partial charge < -0.3 is 11.2 Å². The third kappa shape index (κ3) is 1.93.